The number of nitrogens with zero attached hydrogens (tertiary/aromatic N) is 3. The number of amides is 2. The minimum Gasteiger partial charge on any atom is -0.367 e. The Bertz CT molecular complexity index is 1290. The molecule has 5 rings (SSSR count). The summed E-state index contributed by atoms with van der Waals surface area (Å²) in [5.74, 6) is -0.114. The minimum atomic E-state index is -0.411. The van der Waals surface area contributed by atoms with Crippen LogP contribution in [0.15, 0.2) is 41.3 Å². The van der Waals surface area contributed by atoms with Crippen LogP contribution in [0.3, 0.4) is 0 Å². The zero-order valence-corrected chi connectivity index (χ0v) is 18.1. The first-order valence-corrected chi connectivity index (χ1v) is 11.1. The molecule has 2 N–H and O–H groups in total. The number of nitrogens with one attached hydrogen (secondary N) is 2. The summed E-state index contributed by atoms with van der Waals surface area (Å²) >= 11 is 0.866. The van der Waals surface area contributed by atoms with Crippen molar-refractivity contribution in [3.8, 4) is 11.3 Å². The fraction of sp³-hybridized carbons (Fsp3) is 0.217. The Balaban J connectivity index is 1.57. The monoisotopic (exact) mass is 449 g/mol. The molecule has 1 aromatic heterocycles. The van der Waals surface area contributed by atoms with E-state index in [4.69, 9.17) is 0 Å². The van der Waals surface area contributed by atoms with Crippen molar-refractivity contribution in [2.45, 2.75) is 6.92 Å². The van der Waals surface area contributed by atoms with Gasteiger partial charge < -0.3 is 10.2 Å². The van der Waals surface area contributed by atoms with E-state index in [1.807, 2.05) is 29.2 Å². The second-order valence-electron chi connectivity index (χ2n) is 7.65. The molecule has 9 heteroatoms. The smallest absolute Gasteiger partial charge is 0.290 e. The highest BCUT2D eigenvalue weighted by Crippen LogP contribution is 2.32. The normalized spacial score (nSPS) is 17.9. The van der Waals surface area contributed by atoms with Crippen molar-refractivity contribution in [1.82, 2.24) is 20.6 Å². The summed E-state index contributed by atoms with van der Waals surface area (Å²) in [4.78, 5) is 34.8. The second kappa shape index (κ2) is 8.33. The molecule has 2 amide bonds. The number of halogens is 1. The van der Waals surface area contributed by atoms with Gasteiger partial charge in [0.05, 0.1) is 21.8 Å². The van der Waals surface area contributed by atoms with Crippen LogP contribution in [0.5, 0.6) is 0 Å². The lowest BCUT2D eigenvalue weighted by molar-refractivity contribution is -0.115. The molecule has 2 aliphatic rings. The van der Waals surface area contributed by atoms with Gasteiger partial charge in [0.25, 0.3) is 11.1 Å². The molecular weight excluding hydrogens is 429 g/mol. The molecule has 3 heterocycles. The highest BCUT2D eigenvalue weighted by Gasteiger charge is 2.25. The zero-order chi connectivity index (χ0) is 22.2. The number of carbonyl (C=O) groups is 2. The molecule has 162 valence electrons. The fourth-order valence-electron chi connectivity index (χ4n) is 3.96. The summed E-state index contributed by atoms with van der Waals surface area (Å²) in [7, 11) is 0. The first-order valence-electron chi connectivity index (χ1n) is 10.3. The summed E-state index contributed by atoms with van der Waals surface area (Å²) in [6.07, 6.45) is 1.65. The average molecular weight is 450 g/mol. The number of aromatic nitrogens is 2. The molecule has 2 saturated heterocycles. The Morgan fingerprint density at radius 3 is 2.62 bits per heavy atom. The van der Waals surface area contributed by atoms with E-state index in [9.17, 15) is 9.59 Å². The summed E-state index contributed by atoms with van der Waals surface area (Å²) in [5.41, 5.74) is 3.32. The third-order valence-corrected chi connectivity index (χ3v) is 6.26. The van der Waals surface area contributed by atoms with Crippen LogP contribution in [-0.2, 0) is 4.79 Å². The molecule has 2 aromatic carbocycles. The summed E-state index contributed by atoms with van der Waals surface area (Å²) in [5, 5.41) is 5.88. The molecule has 0 saturated carbocycles. The fourth-order valence-corrected chi connectivity index (χ4v) is 4.64. The third kappa shape index (κ3) is 3.96. The van der Waals surface area contributed by atoms with Crippen LogP contribution in [0.1, 0.15) is 11.4 Å². The predicted molar refractivity (Wildman–Crippen MR) is 124 cm³/mol. The maximum Gasteiger partial charge on any atom is 0.290 e. The van der Waals surface area contributed by atoms with E-state index < -0.39 is 5.91 Å². The van der Waals surface area contributed by atoms with Gasteiger partial charge in [-0.15, -0.1) is 0 Å². The Labute approximate surface area is 188 Å². The second-order valence-corrected chi connectivity index (χ2v) is 8.67. The van der Waals surface area contributed by atoms with Crippen LogP contribution < -0.4 is 15.5 Å². The molecule has 0 unspecified atom stereocenters. The number of fused-ring (bicyclic) bond motifs is 1. The van der Waals surface area contributed by atoms with E-state index in [-0.39, 0.29) is 11.1 Å². The lowest BCUT2D eigenvalue weighted by Crippen LogP contribution is -2.43. The quantitative estimate of drug-likeness (QED) is 0.592. The third-order valence-electron chi connectivity index (χ3n) is 5.45. The minimum absolute atomic E-state index is 0.287. The largest absolute Gasteiger partial charge is 0.367 e. The number of rotatable bonds is 3. The molecule has 0 radical (unpaired) electrons. The van der Waals surface area contributed by atoms with Gasteiger partial charge in [-0.25, -0.2) is 14.4 Å². The SMILES string of the molecule is Cc1nc(-c2ccc(N3CCNCC3)c(F)c2)c2cc(/C=C3\SC(=O)NC3=O)ccc2n1. The number of hydrogen-bond acceptors (Lipinski definition) is 7. The molecule has 32 heavy (non-hydrogen) atoms. The van der Waals surface area contributed by atoms with E-state index in [2.05, 4.69) is 20.6 Å². The Morgan fingerprint density at radius 2 is 1.91 bits per heavy atom. The molecule has 0 atom stereocenters. The van der Waals surface area contributed by atoms with Gasteiger partial charge in [-0.1, -0.05) is 12.1 Å². The number of piperazine rings is 1. The van der Waals surface area contributed by atoms with Gasteiger partial charge in [0.2, 0.25) is 0 Å². The number of carbonyl (C=O) groups excluding carboxylic acids is 2. The van der Waals surface area contributed by atoms with Gasteiger partial charge in [0, 0.05) is 37.1 Å². The molecule has 0 aliphatic carbocycles. The van der Waals surface area contributed by atoms with Gasteiger partial charge in [-0.3, -0.25) is 14.9 Å². The molecule has 0 spiro atoms. The number of imide groups is 1. The van der Waals surface area contributed by atoms with Gasteiger partial charge >= 0.3 is 0 Å². The van der Waals surface area contributed by atoms with Gasteiger partial charge in [-0.2, -0.15) is 0 Å². The molecule has 2 fully saturated rings. The van der Waals surface area contributed by atoms with Crippen LogP contribution in [0.4, 0.5) is 14.9 Å². The summed E-state index contributed by atoms with van der Waals surface area (Å²) in [6, 6.07) is 10.7. The molecule has 0 bridgehead atoms. The van der Waals surface area contributed by atoms with E-state index in [1.54, 1.807) is 19.1 Å². The number of aryl methyl sites for hydroxylation is 1. The lowest BCUT2D eigenvalue weighted by Gasteiger charge is -2.29. The van der Waals surface area contributed by atoms with Crippen LogP contribution in [0.2, 0.25) is 0 Å². The summed E-state index contributed by atoms with van der Waals surface area (Å²) < 4.78 is 15.1. The van der Waals surface area contributed by atoms with Crippen molar-refractivity contribution >= 4 is 45.6 Å². The van der Waals surface area contributed by atoms with Crippen molar-refractivity contribution in [1.29, 1.82) is 0 Å². The van der Waals surface area contributed by atoms with E-state index in [0.717, 1.165) is 54.4 Å². The van der Waals surface area contributed by atoms with E-state index in [0.29, 0.717) is 27.7 Å². The summed E-state index contributed by atoms with van der Waals surface area (Å²) in [6.45, 7) is 4.99. The van der Waals surface area contributed by atoms with Gasteiger partial charge in [-0.05, 0) is 54.6 Å². The van der Waals surface area contributed by atoms with Crippen molar-refractivity contribution < 1.29 is 14.0 Å². The van der Waals surface area contributed by atoms with E-state index in [1.165, 1.54) is 6.07 Å². The van der Waals surface area contributed by atoms with Crippen LogP contribution in [0.25, 0.3) is 28.2 Å². The molecule has 7 nitrogen and oxygen atoms in total. The lowest BCUT2D eigenvalue weighted by atomic mass is 10.0. The Hall–Kier alpha value is -3.30. The van der Waals surface area contributed by atoms with Crippen LogP contribution in [0, 0.1) is 12.7 Å². The molecular formula is C23H20FN5O2S. The van der Waals surface area contributed by atoms with Crippen LogP contribution >= 0.6 is 11.8 Å². The average Bonchev–Trinajstić information content (AvgIpc) is 3.10. The number of thioether (sulfide) groups is 1. The number of hydrogen-bond donors (Lipinski definition) is 2. The van der Waals surface area contributed by atoms with Crippen molar-refractivity contribution in [3.63, 3.8) is 0 Å². The number of benzene rings is 2. The maximum atomic E-state index is 15.1. The Kier molecular flexibility index (Phi) is 5.36. The van der Waals surface area contributed by atoms with Crippen molar-refractivity contribution in [2.75, 3.05) is 31.1 Å². The topological polar surface area (TPSA) is 87.2 Å². The zero-order valence-electron chi connectivity index (χ0n) is 17.3. The van der Waals surface area contributed by atoms with Crippen molar-refractivity contribution in [2.24, 2.45) is 0 Å². The van der Waals surface area contributed by atoms with Gasteiger partial charge in [0.15, 0.2) is 0 Å². The standard InChI is InChI=1S/C23H20FN5O2S/c1-13-26-18-4-2-14(11-20-22(30)28-23(31)32-20)10-16(18)21(27-13)15-3-5-19(17(24)12-15)29-8-6-25-7-9-29/h2-5,10-12,25H,6-9H2,1H3,(H,28,30,31)/b20-11-. The molecule has 3 aromatic rings. The highest BCUT2D eigenvalue weighted by molar-refractivity contribution is 8.18. The number of anilines is 1. The van der Waals surface area contributed by atoms with Gasteiger partial charge in [0.1, 0.15) is 11.6 Å². The van der Waals surface area contributed by atoms with Crippen LogP contribution in [-0.4, -0.2) is 47.3 Å². The first kappa shape index (κ1) is 20.6. The molecule has 2 aliphatic heterocycles. The highest BCUT2D eigenvalue weighted by atomic mass is 32.2. The first-order chi connectivity index (χ1) is 15.5. The maximum absolute atomic E-state index is 15.1. The van der Waals surface area contributed by atoms with E-state index >= 15 is 4.39 Å². The predicted octanol–water partition coefficient (Wildman–Crippen LogP) is 3.48. The van der Waals surface area contributed by atoms with Crippen molar-refractivity contribution in [3.05, 3.63) is 58.5 Å². The Morgan fingerprint density at radius 1 is 1.09 bits per heavy atom.